The number of aryl methyl sites for hydroxylation is 3. The monoisotopic (exact) mass is 241 g/mol. The first-order valence-corrected chi connectivity index (χ1v) is 6.31. The predicted molar refractivity (Wildman–Crippen MR) is 73.6 cm³/mol. The number of aliphatic hydroxyl groups is 1. The van der Waals surface area contributed by atoms with Gasteiger partial charge >= 0.3 is 0 Å². The lowest BCUT2D eigenvalue weighted by Crippen LogP contribution is -2.04. The van der Waals surface area contributed by atoms with E-state index in [0.717, 1.165) is 23.1 Å². The van der Waals surface area contributed by atoms with Crippen LogP contribution in [-0.4, -0.2) is 10.1 Å². The Morgan fingerprint density at radius 2 is 1.83 bits per heavy atom. The summed E-state index contributed by atoms with van der Waals surface area (Å²) in [7, 11) is 0. The van der Waals surface area contributed by atoms with Gasteiger partial charge in [-0.3, -0.25) is 4.98 Å². The van der Waals surface area contributed by atoms with Gasteiger partial charge in [-0.25, -0.2) is 0 Å². The average Bonchev–Trinajstić information content (AvgIpc) is 2.36. The van der Waals surface area contributed by atoms with E-state index < -0.39 is 6.10 Å². The Balaban J connectivity index is 2.44. The summed E-state index contributed by atoms with van der Waals surface area (Å²) in [5, 5.41) is 10.5. The third-order valence-electron chi connectivity index (χ3n) is 3.18. The van der Waals surface area contributed by atoms with Crippen molar-refractivity contribution >= 4 is 0 Å². The van der Waals surface area contributed by atoms with Crippen LogP contribution in [0, 0.1) is 13.8 Å². The average molecular weight is 241 g/mol. The standard InChI is InChI=1S/C16H19NO/c1-4-13-10-17-6-5-15(13)16(18)14-8-11(2)7-12(3)9-14/h5-10,16,18H,4H2,1-3H3. The number of hydrogen-bond acceptors (Lipinski definition) is 2. The number of aliphatic hydroxyl groups excluding tert-OH is 1. The second-order valence-electron chi connectivity index (χ2n) is 4.75. The normalized spacial score (nSPS) is 12.4. The van der Waals surface area contributed by atoms with Gasteiger partial charge in [0, 0.05) is 12.4 Å². The summed E-state index contributed by atoms with van der Waals surface area (Å²) in [5.74, 6) is 0. The molecule has 2 aromatic rings. The van der Waals surface area contributed by atoms with Gasteiger partial charge in [0.05, 0.1) is 0 Å². The van der Waals surface area contributed by atoms with Gasteiger partial charge in [0.1, 0.15) is 6.10 Å². The lowest BCUT2D eigenvalue weighted by Gasteiger charge is -2.16. The molecule has 18 heavy (non-hydrogen) atoms. The second-order valence-corrected chi connectivity index (χ2v) is 4.75. The van der Waals surface area contributed by atoms with E-state index in [0.29, 0.717) is 0 Å². The third kappa shape index (κ3) is 2.59. The van der Waals surface area contributed by atoms with Crippen molar-refractivity contribution in [1.82, 2.24) is 4.98 Å². The number of aromatic nitrogens is 1. The third-order valence-corrected chi connectivity index (χ3v) is 3.18. The lowest BCUT2D eigenvalue weighted by molar-refractivity contribution is 0.219. The van der Waals surface area contributed by atoms with Crippen LogP contribution < -0.4 is 0 Å². The van der Waals surface area contributed by atoms with Crippen molar-refractivity contribution < 1.29 is 5.11 Å². The molecule has 2 rings (SSSR count). The van der Waals surface area contributed by atoms with E-state index >= 15 is 0 Å². The van der Waals surface area contributed by atoms with Crippen LogP contribution in [0.1, 0.15) is 40.8 Å². The van der Waals surface area contributed by atoms with Crippen LogP contribution in [0.15, 0.2) is 36.7 Å². The molecule has 0 saturated heterocycles. The topological polar surface area (TPSA) is 33.1 Å². The van der Waals surface area contributed by atoms with E-state index in [2.05, 4.69) is 31.8 Å². The molecule has 1 aromatic heterocycles. The molecule has 0 amide bonds. The predicted octanol–water partition coefficient (Wildman–Crippen LogP) is 3.34. The van der Waals surface area contributed by atoms with Crippen molar-refractivity contribution in [1.29, 1.82) is 0 Å². The number of pyridine rings is 1. The van der Waals surface area contributed by atoms with Gasteiger partial charge in [0.2, 0.25) is 0 Å². The van der Waals surface area contributed by atoms with Crippen LogP contribution in [-0.2, 0) is 6.42 Å². The first-order chi connectivity index (χ1) is 8.61. The molecule has 0 aliphatic carbocycles. The fraction of sp³-hybridized carbons (Fsp3) is 0.312. The van der Waals surface area contributed by atoms with Crippen molar-refractivity contribution in [2.24, 2.45) is 0 Å². The molecule has 1 unspecified atom stereocenters. The Kier molecular flexibility index (Phi) is 3.78. The van der Waals surface area contributed by atoms with E-state index in [1.54, 1.807) is 6.20 Å². The summed E-state index contributed by atoms with van der Waals surface area (Å²) >= 11 is 0. The molecular weight excluding hydrogens is 222 g/mol. The summed E-state index contributed by atoms with van der Waals surface area (Å²) in [6.07, 6.45) is 3.88. The summed E-state index contributed by atoms with van der Waals surface area (Å²) in [4.78, 5) is 4.12. The Labute approximate surface area is 108 Å². The minimum absolute atomic E-state index is 0.568. The van der Waals surface area contributed by atoms with Crippen molar-refractivity contribution in [2.75, 3.05) is 0 Å². The zero-order valence-corrected chi connectivity index (χ0v) is 11.1. The molecule has 1 heterocycles. The van der Waals surface area contributed by atoms with Crippen LogP contribution >= 0.6 is 0 Å². The molecule has 0 aliphatic heterocycles. The Morgan fingerprint density at radius 3 is 2.44 bits per heavy atom. The molecule has 1 aromatic carbocycles. The number of nitrogens with zero attached hydrogens (tertiary/aromatic N) is 1. The van der Waals surface area contributed by atoms with Crippen molar-refractivity contribution in [3.8, 4) is 0 Å². The molecule has 0 spiro atoms. The maximum Gasteiger partial charge on any atom is 0.104 e. The van der Waals surface area contributed by atoms with E-state index in [9.17, 15) is 5.11 Å². The summed E-state index contributed by atoms with van der Waals surface area (Å²) in [6, 6.07) is 8.10. The molecule has 2 nitrogen and oxygen atoms in total. The van der Waals surface area contributed by atoms with Crippen molar-refractivity contribution in [2.45, 2.75) is 33.3 Å². The lowest BCUT2D eigenvalue weighted by atomic mass is 9.95. The van der Waals surface area contributed by atoms with Crippen LogP contribution in [0.2, 0.25) is 0 Å². The number of benzene rings is 1. The van der Waals surface area contributed by atoms with E-state index in [4.69, 9.17) is 0 Å². The van der Waals surface area contributed by atoms with Gasteiger partial charge in [-0.1, -0.05) is 36.2 Å². The van der Waals surface area contributed by atoms with Gasteiger partial charge in [-0.05, 0) is 43.0 Å². The zero-order valence-electron chi connectivity index (χ0n) is 11.1. The molecule has 2 heteroatoms. The molecule has 94 valence electrons. The highest BCUT2D eigenvalue weighted by Gasteiger charge is 2.14. The Hall–Kier alpha value is -1.67. The van der Waals surface area contributed by atoms with Gasteiger partial charge < -0.3 is 5.11 Å². The van der Waals surface area contributed by atoms with Crippen molar-refractivity contribution in [3.05, 3.63) is 64.5 Å². The Bertz CT molecular complexity index is 528. The highest BCUT2D eigenvalue weighted by Crippen LogP contribution is 2.26. The molecule has 0 bridgehead atoms. The van der Waals surface area contributed by atoms with Crippen LogP contribution in [0.3, 0.4) is 0 Å². The van der Waals surface area contributed by atoms with Crippen LogP contribution in [0.25, 0.3) is 0 Å². The van der Waals surface area contributed by atoms with Crippen LogP contribution in [0.5, 0.6) is 0 Å². The fourth-order valence-corrected chi connectivity index (χ4v) is 2.35. The molecule has 1 N–H and O–H groups in total. The van der Waals surface area contributed by atoms with Gasteiger partial charge in [0.25, 0.3) is 0 Å². The first-order valence-electron chi connectivity index (χ1n) is 6.31. The minimum atomic E-state index is -0.568. The maximum atomic E-state index is 10.5. The van der Waals surface area contributed by atoms with Crippen LogP contribution in [0.4, 0.5) is 0 Å². The summed E-state index contributed by atoms with van der Waals surface area (Å²) in [6.45, 7) is 6.18. The largest absolute Gasteiger partial charge is 0.384 e. The molecule has 1 atom stereocenters. The molecular formula is C16H19NO. The zero-order chi connectivity index (χ0) is 13.1. The van der Waals surface area contributed by atoms with Gasteiger partial charge in [-0.15, -0.1) is 0 Å². The van der Waals surface area contributed by atoms with Crippen molar-refractivity contribution in [3.63, 3.8) is 0 Å². The van der Waals surface area contributed by atoms with Gasteiger partial charge in [-0.2, -0.15) is 0 Å². The molecule has 0 aliphatic rings. The molecule has 0 radical (unpaired) electrons. The van der Waals surface area contributed by atoms with E-state index in [-0.39, 0.29) is 0 Å². The number of hydrogen-bond donors (Lipinski definition) is 1. The second kappa shape index (κ2) is 5.32. The van der Waals surface area contributed by atoms with Gasteiger partial charge in [0.15, 0.2) is 0 Å². The fourth-order valence-electron chi connectivity index (χ4n) is 2.35. The SMILES string of the molecule is CCc1cnccc1C(O)c1cc(C)cc(C)c1. The maximum absolute atomic E-state index is 10.5. The summed E-state index contributed by atoms with van der Waals surface area (Å²) in [5.41, 5.74) is 5.36. The highest BCUT2D eigenvalue weighted by atomic mass is 16.3. The number of rotatable bonds is 3. The Morgan fingerprint density at radius 1 is 1.17 bits per heavy atom. The van der Waals surface area contributed by atoms with E-state index in [1.165, 1.54) is 11.1 Å². The first kappa shape index (κ1) is 12.8. The molecule has 0 fully saturated rings. The van der Waals surface area contributed by atoms with E-state index in [1.807, 2.05) is 24.4 Å². The summed E-state index contributed by atoms with van der Waals surface area (Å²) < 4.78 is 0. The minimum Gasteiger partial charge on any atom is -0.384 e. The highest BCUT2D eigenvalue weighted by molar-refractivity contribution is 5.37. The quantitative estimate of drug-likeness (QED) is 0.894. The molecule has 0 saturated carbocycles. The smallest absolute Gasteiger partial charge is 0.104 e.